The molecule has 0 unspecified atom stereocenters. The molecule has 0 aliphatic carbocycles. The van der Waals surface area contributed by atoms with E-state index in [1.165, 1.54) is 18.9 Å². The summed E-state index contributed by atoms with van der Waals surface area (Å²) < 4.78 is 14.3. The number of para-hydroxylation sites is 1. The monoisotopic (exact) mass is 443 g/mol. The van der Waals surface area contributed by atoms with E-state index >= 15 is 0 Å². The minimum absolute atomic E-state index is 0.276. The molecular formula is C20H18ClN5O3S. The largest absolute Gasteiger partial charge is 0.493 e. The first-order valence-electron chi connectivity index (χ1n) is 9.07. The zero-order chi connectivity index (χ0) is 21.3. The van der Waals surface area contributed by atoms with Gasteiger partial charge in [0.15, 0.2) is 16.3 Å². The van der Waals surface area contributed by atoms with Crippen LogP contribution in [0.3, 0.4) is 0 Å². The summed E-state index contributed by atoms with van der Waals surface area (Å²) in [7, 11) is 3.03. The molecule has 2 aromatic carbocycles. The Morgan fingerprint density at radius 2 is 1.97 bits per heavy atom. The van der Waals surface area contributed by atoms with Crippen molar-refractivity contribution in [3.63, 3.8) is 0 Å². The van der Waals surface area contributed by atoms with E-state index in [0.717, 1.165) is 5.69 Å². The highest BCUT2D eigenvalue weighted by atomic mass is 35.5. The molecule has 30 heavy (non-hydrogen) atoms. The molecule has 4 rings (SSSR count). The Kier molecular flexibility index (Phi) is 5.56. The first-order chi connectivity index (χ1) is 14.5. The third kappa shape index (κ3) is 3.46. The maximum Gasteiger partial charge on any atom is 0.278 e. The number of rotatable bonds is 6. The average Bonchev–Trinajstić information content (AvgIpc) is 3.13. The van der Waals surface area contributed by atoms with Crippen molar-refractivity contribution in [1.82, 2.24) is 24.5 Å². The summed E-state index contributed by atoms with van der Waals surface area (Å²) in [6, 6.07) is 10.9. The van der Waals surface area contributed by atoms with Gasteiger partial charge >= 0.3 is 0 Å². The molecule has 0 saturated carbocycles. The van der Waals surface area contributed by atoms with Crippen molar-refractivity contribution in [1.29, 1.82) is 0 Å². The van der Waals surface area contributed by atoms with Gasteiger partial charge in [0.05, 0.1) is 43.1 Å². The summed E-state index contributed by atoms with van der Waals surface area (Å²) >= 11 is 11.7. The van der Waals surface area contributed by atoms with Crippen LogP contribution in [0.5, 0.6) is 11.5 Å². The highest BCUT2D eigenvalue weighted by Gasteiger charge is 2.16. The Bertz CT molecular complexity index is 1340. The van der Waals surface area contributed by atoms with Crippen LogP contribution in [-0.2, 0) is 13.0 Å². The summed E-state index contributed by atoms with van der Waals surface area (Å²) in [6.07, 6.45) is 2.03. The number of hydrogen-bond acceptors (Lipinski definition) is 6. The highest BCUT2D eigenvalue weighted by molar-refractivity contribution is 7.71. The fraction of sp³-hybridized carbons (Fsp3) is 0.200. The van der Waals surface area contributed by atoms with Crippen molar-refractivity contribution in [2.24, 2.45) is 0 Å². The summed E-state index contributed by atoms with van der Waals surface area (Å²) in [5, 5.41) is 13.0. The van der Waals surface area contributed by atoms with Crippen molar-refractivity contribution in [2.75, 3.05) is 14.2 Å². The molecule has 154 valence electrons. The molecule has 0 aliphatic rings. The summed E-state index contributed by atoms with van der Waals surface area (Å²) in [5.41, 5.74) is 0.444. The molecule has 0 atom stereocenters. The average molecular weight is 444 g/mol. The van der Waals surface area contributed by atoms with Crippen LogP contribution in [0.4, 0.5) is 0 Å². The molecule has 10 heteroatoms. The third-order valence-electron chi connectivity index (χ3n) is 4.74. The SMILES string of the molecule is COc1ccc2cnn(CCc3n[nH]c(=S)n3-c3ccccc3Cl)c(=O)c2c1OC. The Balaban J connectivity index is 1.72. The fourth-order valence-electron chi connectivity index (χ4n) is 3.33. The van der Waals surface area contributed by atoms with Crippen LogP contribution in [0.1, 0.15) is 5.82 Å². The van der Waals surface area contributed by atoms with Crippen LogP contribution < -0.4 is 15.0 Å². The third-order valence-corrected chi connectivity index (χ3v) is 5.34. The Morgan fingerprint density at radius 3 is 2.70 bits per heavy atom. The minimum atomic E-state index is -0.276. The zero-order valence-electron chi connectivity index (χ0n) is 16.3. The Labute approximate surface area is 181 Å². The number of fused-ring (bicyclic) bond motifs is 1. The van der Waals surface area contributed by atoms with Gasteiger partial charge in [0.25, 0.3) is 5.56 Å². The van der Waals surface area contributed by atoms with Crippen LogP contribution in [0.15, 0.2) is 47.4 Å². The zero-order valence-corrected chi connectivity index (χ0v) is 17.8. The molecule has 0 saturated heterocycles. The van der Waals surface area contributed by atoms with Crippen molar-refractivity contribution >= 4 is 34.6 Å². The molecule has 2 aromatic heterocycles. The molecule has 0 aliphatic heterocycles. The van der Waals surface area contributed by atoms with Crippen LogP contribution in [-0.4, -0.2) is 38.8 Å². The minimum Gasteiger partial charge on any atom is -0.493 e. The molecular weight excluding hydrogens is 426 g/mol. The molecule has 4 aromatic rings. The quantitative estimate of drug-likeness (QED) is 0.458. The van der Waals surface area contributed by atoms with Gasteiger partial charge in [0.1, 0.15) is 5.82 Å². The first-order valence-corrected chi connectivity index (χ1v) is 9.85. The van der Waals surface area contributed by atoms with E-state index in [9.17, 15) is 4.79 Å². The molecule has 0 radical (unpaired) electrons. The number of nitrogens with zero attached hydrogens (tertiary/aromatic N) is 4. The molecule has 1 N–H and O–H groups in total. The predicted molar refractivity (Wildman–Crippen MR) is 117 cm³/mol. The lowest BCUT2D eigenvalue weighted by Crippen LogP contribution is -2.24. The summed E-state index contributed by atoms with van der Waals surface area (Å²) in [4.78, 5) is 13.1. The molecule has 0 fully saturated rings. The van der Waals surface area contributed by atoms with E-state index in [4.69, 9.17) is 33.3 Å². The van der Waals surface area contributed by atoms with E-state index in [1.807, 2.05) is 18.2 Å². The smallest absolute Gasteiger partial charge is 0.278 e. The standard InChI is InChI=1S/C20H18ClN5O3S/c1-28-15-8-7-12-11-22-25(19(27)17(12)18(15)29-2)10-9-16-23-24-20(30)26(16)14-6-4-3-5-13(14)21/h3-8,11H,9-10H2,1-2H3,(H,24,30). The van der Waals surface area contributed by atoms with Crippen LogP contribution >= 0.6 is 23.8 Å². The number of aromatic nitrogens is 5. The maximum atomic E-state index is 13.1. The van der Waals surface area contributed by atoms with Crippen molar-refractivity contribution < 1.29 is 9.47 Å². The number of hydrogen-bond donors (Lipinski definition) is 1. The fourth-order valence-corrected chi connectivity index (χ4v) is 3.80. The highest BCUT2D eigenvalue weighted by Crippen LogP contribution is 2.32. The van der Waals surface area contributed by atoms with Crippen molar-refractivity contribution in [2.45, 2.75) is 13.0 Å². The van der Waals surface area contributed by atoms with E-state index in [2.05, 4.69) is 15.3 Å². The lowest BCUT2D eigenvalue weighted by Gasteiger charge is -2.12. The molecule has 0 bridgehead atoms. The Morgan fingerprint density at radius 1 is 1.17 bits per heavy atom. The number of methoxy groups -OCH3 is 2. The van der Waals surface area contributed by atoms with E-state index in [0.29, 0.717) is 50.9 Å². The summed E-state index contributed by atoms with van der Waals surface area (Å²) in [5.74, 6) is 1.51. The second-order valence-corrected chi connectivity index (χ2v) is 7.21. The number of ether oxygens (including phenoxy) is 2. The van der Waals surface area contributed by atoms with Gasteiger partial charge in [-0.3, -0.25) is 14.5 Å². The number of benzene rings is 2. The van der Waals surface area contributed by atoms with E-state index in [-0.39, 0.29) is 5.56 Å². The van der Waals surface area contributed by atoms with Crippen LogP contribution in [0, 0.1) is 4.77 Å². The normalized spacial score (nSPS) is 11.0. The number of nitrogens with one attached hydrogen (secondary N) is 1. The molecule has 0 amide bonds. The van der Waals surface area contributed by atoms with Crippen LogP contribution in [0.2, 0.25) is 5.02 Å². The lowest BCUT2D eigenvalue weighted by molar-refractivity contribution is 0.358. The number of aryl methyl sites for hydroxylation is 2. The van der Waals surface area contributed by atoms with E-state index < -0.39 is 0 Å². The van der Waals surface area contributed by atoms with Gasteiger partial charge in [-0.15, -0.1) is 0 Å². The lowest BCUT2D eigenvalue weighted by atomic mass is 10.1. The topological polar surface area (TPSA) is 87.0 Å². The summed E-state index contributed by atoms with van der Waals surface area (Å²) in [6.45, 7) is 0.291. The Hall–Kier alpha value is -3.17. The second kappa shape index (κ2) is 8.29. The van der Waals surface area contributed by atoms with Crippen LogP contribution in [0.25, 0.3) is 16.5 Å². The number of halogens is 1. The predicted octanol–water partition coefficient (Wildman–Crippen LogP) is 3.55. The first kappa shape index (κ1) is 20.1. The van der Waals surface area contributed by atoms with Gasteiger partial charge in [-0.05, 0) is 36.5 Å². The maximum absolute atomic E-state index is 13.1. The van der Waals surface area contributed by atoms with Gasteiger partial charge in [-0.25, -0.2) is 4.68 Å². The molecule has 0 spiro atoms. The number of aromatic amines is 1. The van der Waals surface area contributed by atoms with Gasteiger partial charge in [-0.1, -0.05) is 23.7 Å². The second-order valence-electron chi connectivity index (χ2n) is 6.42. The van der Waals surface area contributed by atoms with E-state index in [1.54, 1.807) is 29.0 Å². The van der Waals surface area contributed by atoms with Crippen molar-refractivity contribution in [3.8, 4) is 17.2 Å². The molecule has 8 nitrogen and oxygen atoms in total. The van der Waals surface area contributed by atoms with Crippen molar-refractivity contribution in [3.05, 3.63) is 68.6 Å². The molecule has 2 heterocycles. The van der Waals surface area contributed by atoms with Gasteiger partial charge in [0.2, 0.25) is 0 Å². The van der Waals surface area contributed by atoms with Gasteiger partial charge < -0.3 is 9.47 Å². The number of H-pyrrole nitrogens is 1. The van der Waals surface area contributed by atoms with Gasteiger partial charge in [0, 0.05) is 11.8 Å². The van der Waals surface area contributed by atoms with Gasteiger partial charge in [-0.2, -0.15) is 10.2 Å².